The minimum absolute atomic E-state index is 0.509. The minimum Gasteiger partial charge on any atom is -0.399 e. The molecule has 0 aliphatic rings. The summed E-state index contributed by atoms with van der Waals surface area (Å²) in [6.45, 7) is 1.48. The van der Waals surface area contributed by atoms with Gasteiger partial charge in [0.1, 0.15) is 6.17 Å². The normalized spacial score (nSPS) is 13.4. The lowest BCUT2D eigenvalue weighted by atomic mass is 10.1. The maximum Gasteiger partial charge on any atom is 0.139 e. The van der Waals surface area contributed by atoms with Crippen molar-refractivity contribution in [3.8, 4) is 0 Å². The van der Waals surface area contributed by atoms with E-state index in [0.29, 0.717) is 16.9 Å². The molecule has 0 saturated heterocycles. The van der Waals surface area contributed by atoms with Crippen molar-refractivity contribution >= 4 is 16.6 Å². The van der Waals surface area contributed by atoms with Gasteiger partial charge in [0.25, 0.3) is 0 Å². The highest BCUT2D eigenvalue weighted by Crippen LogP contribution is 2.24. The Balaban J connectivity index is 2.69. The Hall–Kier alpha value is -1.58. The van der Waals surface area contributed by atoms with Gasteiger partial charge in [-0.05, 0) is 25.1 Å². The lowest BCUT2D eigenvalue weighted by Gasteiger charge is -1.97. The van der Waals surface area contributed by atoms with Crippen LogP contribution in [-0.4, -0.2) is 10.2 Å². The second-order valence-corrected chi connectivity index (χ2v) is 3.03. The maximum atomic E-state index is 13.0. The highest BCUT2D eigenvalue weighted by atomic mass is 19.1. The zero-order chi connectivity index (χ0) is 9.42. The first-order valence-corrected chi connectivity index (χ1v) is 4.06. The molecule has 68 valence electrons. The third kappa shape index (κ3) is 1.24. The predicted octanol–water partition coefficient (Wildman–Crippen LogP) is 2.18. The van der Waals surface area contributed by atoms with Crippen molar-refractivity contribution in [1.82, 2.24) is 10.2 Å². The van der Waals surface area contributed by atoms with E-state index in [2.05, 4.69) is 10.2 Å². The molecule has 0 amide bonds. The number of halogens is 1. The number of rotatable bonds is 1. The van der Waals surface area contributed by atoms with E-state index in [9.17, 15) is 4.39 Å². The summed E-state index contributed by atoms with van der Waals surface area (Å²) in [5.74, 6) is 0. The minimum atomic E-state index is -1.03. The third-order valence-electron chi connectivity index (χ3n) is 2.01. The van der Waals surface area contributed by atoms with Gasteiger partial charge in [-0.25, -0.2) is 4.39 Å². The van der Waals surface area contributed by atoms with Crippen LogP contribution in [0.15, 0.2) is 18.2 Å². The summed E-state index contributed by atoms with van der Waals surface area (Å²) in [7, 11) is 0. The molecule has 2 rings (SSSR count). The lowest BCUT2D eigenvalue weighted by Crippen LogP contribution is -1.86. The van der Waals surface area contributed by atoms with Crippen LogP contribution in [0.3, 0.4) is 0 Å². The highest BCUT2D eigenvalue weighted by molar-refractivity contribution is 5.84. The van der Waals surface area contributed by atoms with Gasteiger partial charge < -0.3 is 5.73 Å². The molecule has 3 nitrogen and oxygen atoms in total. The fourth-order valence-electron chi connectivity index (χ4n) is 1.35. The van der Waals surface area contributed by atoms with Crippen LogP contribution in [0.2, 0.25) is 0 Å². The molecular formula is C9H10FN3. The van der Waals surface area contributed by atoms with Crippen molar-refractivity contribution in [2.24, 2.45) is 0 Å². The molecule has 1 unspecified atom stereocenters. The molecule has 0 saturated carbocycles. The number of nitrogens with one attached hydrogen (secondary N) is 1. The summed E-state index contributed by atoms with van der Waals surface area (Å²) in [6, 6.07) is 5.24. The molecular weight excluding hydrogens is 169 g/mol. The van der Waals surface area contributed by atoms with Gasteiger partial charge in [0.2, 0.25) is 0 Å². The second kappa shape index (κ2) is 2.73. The number of hydrogen-bond donors (Lipinski definition) is 2. The second-order valence-electron chi connectivity index (χ2n) is 3.03. The molecule has 13 heavy (non-hydrogen) atoms. The number of nitrogen functional groups attached to an aromatic ring is 1. The van der Waals surface area contributed by atoms with Crippen molar-refractivity contribution in [1.29, 1.82) is 0 Å². The molecule has 1 heterocycles. The summed E-state index contributed by atoms with van der Waals surface area (Å²) in [5, 5.41) is 7.41. The van der Waals surface area contributed by atoms with Gasteiger partial charge in [0.15, 0.2) is 0 Å². The summed E-state index contributed by atoms with van der Waals surface area (Å²) in [6.07, 6.45) is -1.03. The average molecular weight is 179 g/mol. The molecule has 4 heteroatoms. The summed E-state index contributed by atoms with van der Waals surface area (Å²) < 4.78 is 13.0. The SMILES string of the molecule is CC(F)c1[nH]nc2cc(N)ccc12. The Morgan fingerprint density at radius 1 is 1.54 bits per heavy atom. The predicted molar refractivity (Wildman–Crippen MR) is 50.0 cm³/mol. The van der Waals surface area contributed by atoms with Crippen LogP contribution in [0.1, 0.15) is 18.8 Å². The Bertz CT molecular complexity index is 433. The smallest absolute Gasteiger partial charge is 0.139 e. The quantitative estimate of drug-likeness (QED) is 0.659. The number of benzene rings is 1. The number of alkyl halides is 1. The van der Waals surface area contributed by atoms with E-state index < -0.39 is 6.17 Å². The summed E-state index contributed by atoms with van der Waals surface area (Å²) in [4.78, 5) is 0. The van der Waals surface area contributed by atoms with Crippen LogP contribution in [0, 0.1) is 0 Å². The first-order valence-electron chi connectivity index (χ1n) is 4.06. The van der Waals surface area contributed by atoms with Gasteiger partial charge in [-0.1, -0.05) is 0 Å². The monoisotopic (exact) mass is 179 g/mol. The first-order chi connectivity index (χ1) is 6.18. The Morgan fingerprint density at radius 3 is 3.00 bits per heavy atom. The van der Waals surface area contributed by atoms with Gasteiger partial charge >= 0.3 is 0 Å². The van der Waals surface area contributed by atoms with Gasteiger partial charge in [0.05, 0.1) is 11.2 Å². The topological polar surface area (TPSA) is 54.7 Å². The third-order valence-corrected chi connectivity index (χ3v) is 2.01. The highest BCUT2D eigenvalue weighted by Gasteiger charge is 2.10. The Labute approximate surface area is 74.7 Å². The molecule has 1 atom stereocenters. The number of nitrogens with two attached hydrogens (primary N) is 1. The number of H-pyrrole nitrogens is 1. The molecule has 2 aromatic rings. The number of aromatic nitrogens is 2. The molecule has 1 aromatic carbocycles. The zero-order valence-electron chi connectivity index (χ0n) is 7.21. The molecule has 0 spiro atoms. The number of hydrogen-bond acceptors (Lipinski definition) is 2. The van der Waals surface area contributed by atoms with Crippen molar-refractivity contribution < 1.29 is 4.39 Å². The van der Waals surface area contributed by atoms with Crippen molar-refractivity contribution in [2.75, 3.05) is 5.73 Å². The number of anilines is 1. The van der Waals surface area contributed by atoms with Crippen LogP contribution in [-0.2, 0) is 0 Å². The molecule has 0 aliphatic carbocycles. The lowest BCUT2D eigenvalue weighted by molar-refractivity contribution is 0.367. The van der Waals surface area contributed by atoms with Gasteiger partial charge in [-0.2, -0.15) is 5.10 Å². The van der Waals surface area contributed by atoms with E-state index in [1.54, 1.807) is 18.2 Å². The number of fused-ring (bicyclic) bond motifs is 1. The Morgan fingerprint density at radius 2 is 2.31 bits per heavy atom. The largest absolute Gasteiger partial charge is 0.399 e. The Kier molecular flexibility index (Phi) is 1.69. The van der Waals surface area contributed by atoms with Crippen molar-refractivity contribution in [2.45, 2.75) is 13.1 Å². The summed E-state index contributed by atoms with van der Waals surface area (Å²) in [5.41, 5.74) is 7.41. The fraction of sp³-hybridized carbons (Fsp3) is 0.222. The van der Waals surface area contributed by atoms with Crippen molar-refractivity contribution in [3.05, 3.63) is 23.9 Å². The molecule has 0 radical (unpaired) electrons. The van der Waals surface area contributed by atoms with Gasteiger partial charge in [-0.15, -0.1) is 0 Å². The summed E-state index contributed by atoms with van der Waals surface area (Å²) >= 11 is 0. The van der Waals surface area contributed by atoms with E-state index in [1.165, 1.54) is 6.92 Å². The molecule has 0 aliphatic heterocycles. The fourth-order valence-corrected chi connectivity index (χ4v) is 1.35. The van der Waals surface area contributed by atoms with E-state index in [4.69, 9.17) is 5.73 Å². The van der Waals surface area contributed by atoms with Gasteiger partial charge in [0, 0.05) is 11.1 Å². The number of aromatic amines is 1. The van der Waals surface area contributed by atoms with Crippen LogP contribution >= 0.6 is 0 Å². The molecule has 0 fully saturated rings. The van der Waals surface area contributed by atoms with E-state index in [0.717, 1.165) is 5.39 Å². The van der Waals surface area contributed by atoms with Gasteiger partial charge in [-0.3, -0.25) is 5.10 Å². The standard InChI is InChI=1S/C9H10FN3/c1-5(10)9-7-3-2-6(11)4-8(7)12-13-9/h2-5H,11H2,1H3,(H,12,13). The van der Waals surface area contributed by atoms with Crippen LogP contribution < -0.4 is 5.73 Å². The molecule has 3 N–H and O–H groups in total. The number of nitrogens with zero attached hydrogens (tertiary/aromatic N) is 1. The first kappa shape index (κ1) is 8.04. The van der Waals surface area contributed by atoms with Crippen LogP contribution in [0.4, 0.5) is 10.1 Å². The van der Waals surface area contributed by atoms with E-state index in [1.807, 2.05) is 0 Å². The van der Waals surface area contributed by atoms with Crippen molar-refractivity contribution in [3.63, 3.8) is 0 Å². The molecule has 0 bridgehead atoms. The van der Waals surface area contributed by atoms with E-state index in [-0.39, 0.29) is 0 Å². The maximum absolute atomic E-state index is 13.0. The van der Waals surface area contributed by atoms with Crippen LogP contribution in [0.5, 0.6) is 0 Å². The molecule has 1 aromatic heterocycles. The zero-order valence-corrected chi connectivity index (χ0v) is 7.21. The van der Waals surface area contributed by atoms with E-state index >= 15 is 0 Å². The average Bonchev–Trinajstić information content (AvgIpc) is 2.46. The van der Waals surface area contributed by atoms with Crippen LogP contribution in [0.25, 0.3) is 10.9 Å².